The van der Waals surface area contributed by atoms with Gasteiger partial charge in [0.15, 0.2) is 0 Å². The number of halogens is 1. The van der Waals surface area contributed by atoms with Gasteiger partial charge in [-0.25, -0.2) is 9.48 Å². The van der Waals surface area contributed by atoms with Gasteiger partial charge in [0.1, 0.15) is 11.9 Å². The van der Waals surface area contributed by atoms with Crippen LogP contribution in [0, 0.1) is 0 Å². The fraction of sp³-hybridized carbons (Fsp3) is 0.412. The molecule has 24 heavy (non-hydrogen) atoms. The third-order valence-electron chi connectivity index (χ3n) is 4.00. The Morgan fingerprint density at radius 1 is 1.38 bits per heavy atom. The van der Waals surface area contributed by atoms with Gasteiger partial charge in [-0.05, 0) is 30.5 Å². The highest BCUT2D eigenvalue weighted by Gasteiger charge is 2.31. The van der Waals surface area contributed by atoms with Crippen LogP contribution in [0.25, 0.3) is 0 Å². The minimum Gasteiger partial charge on any atom is -0.371 e. The molecule has 0 spiro atoms. The third-order valence-corrected chi connectivity index (χ3v) is 4.25. The molecule has 128 valence electrons. The first-order valence-corrected chi connectivity index (χ1v) is 8.51. The Hall–Kier alpha value is -2.05. The second-order valence-corrected chi connectivity index (χ2v) is 6.21. The molecule has 2 amide bonds. The Morgan fingerprint density at radius 2 is 2.17 bits per heavy atom. The number of benzene rings is 1. The van der Waals surface area contributed by atoms with Crippen LogP contribution in [0.1, 0.15) is 31.4 Å². The van der Waals surface area contributed by atoms with Gasteiger partial charge < -0.3 is 10.1 Å². The van der Waals surface area contributed by atoms with Crippen molar-refractivity contribution < 1.29 is 9.53 Å². The van der Waals surface area contributed by atoms with E-state index in [9.17, 15) is 4.79 Å². The van der Waals surface area contributed by atoms with Crippen molar-refractivity contribution in [3.8, 4) is 0 Å². The molecular weight excluding hydrogens is 328 g/mol. The van der Waals surface area contributed by atoms with E-state index in [1.54, 1.807) is 16.9 Å². The molecular formula is C17H21ClN4O2. The predicted molar refractivity (Wildman–Crippen MR) is 93.2 cm³/mol. The van der Waals surface area contributed by atoms with Crippen molar-refractivity contribution in [1.29, 1.82) is 0 Å². The van der Waals surface area contributed by atoms with E-state index in [-0.39, 0.29) is 18.2 Å². The third kappa shape index (κ3) is 3.88. The molecule has 1 aliphatic rings. The first kappa shape index (κ1) is 16.8. The van der Waals surface area contributed by atoms with Gasteiger partial charge >= 0.3 is 6.03 Å². The highest BCUT2D eigenvalue weighted by atomic mass is 35.5. The summed E-state index contributed by atoms with van der Waals surface area (Å²) in [5.74, 6) is 0.691. The number of anilines is 1. The number of carbonyl (C=O) groups is 1. The van der Waals surface area contributed by atoms with Gasteiger partial charge in [-0.15, -0.1) is 0 Å². The lowest BCUT2D eigenvalue weighted by Gasteiger charge is -2.20. The number of urea groups is 1. The van der Waals surface area contributed by atoms with E-state index in [2.05, 4.69) is 22.7 Å². The maximum Gasteiger partial charge on any atom is 0.320 e. The van der Waals surface area contributed by atoms with Crippen LogP contribution in [0.5, 0.6) is 0 Å². The number of aromatic nitrogens is 2. The SMILES string of the molecule is CCCn1nccc1NC(=O)N[C@@H]1CCO[C@H]1c1ccc(Cl)cc1. The molecule has 1 aromatic carbocycles. The van der Waals surface area contributed by atoms with Gasteiger partial charge in [-0.3, -0.25) is 5.32 Å². The number of rotatable bonds is 5. The Balaban J connectivity index is 1.62. The zero-order valence-corrected chi connectivity index (χ0v) is 14.3. The number of hydrogen-bond acceptors (Lipinski definition) is 3. The zero-order valence-electron chi connectivity index (χ0n) is 13.5. The number of hydrogen-bond donors (Lipinski definition) is 2. The largest absolute Gasteiger partial charge is 0.371 e. The van der Waals surface area contributed by atoms with Crippen molar-refractivity contribution in [2.24, 2.45) is 0 Å². The molecule has 0 aliphatic carbocycles. The van der Waals surface area contributed by atoms with Crippen LogP contribution in [0.2, 0.25) is 5.02 Å². The molecule has 0 radical (unpaired) electrons. The van der Waals surface area contributed by atoms with Crippen molar-refractivity contribution in [2.45, 2.75) is 38.5 Å². The molecule has 1 saturated heterocycles. The van der Waals surface area contributed by atoms with Crippen LogP contribution in [-0.2, 0) is 11.3 Å². The van der Waals surface area contributed by atoms with E-state index in [4.69, 9.17) is 16.3 Å². The van der Waals surface area contributed by atoms with Gasteiger partial charge in [-0.2, -0.15) is 5.10 Å². The van der Waals surface area contributed by atoms with Gasteiger partial charge in [-0.1, -0.05) is 30.7 Å². The molecule has 3 rings (SSSR count). The lowest BCUT2D eigenvalue weighted by atomic mass is 10.0. The minimum atomic E-state index is -0.248. The Labute approximate surface area is 146 Å². The van der Waals surface area contributed by atoms with Crippen LogP contribution in [0.3, 0.4) is 0 Å². The average Bonchev–Trinajstić information content (AvgIpc) is 3.19. The lowest BCUT2D eigenvalue weighted by molar-refractivity contribution is 0.100. The Morgan fingerprint density at radius 3 is 2.92 bits per heavy atom. The summed E-state index contributed by atoms with van der Waals surface area (Å²) in [7, 11) is 0. The molecule has 0 unspecified atom stereocenters. The fourth-order valence-corrected chi connectivity index (χ4v) is 2.99. The van der Waals surface area contributed by atoms with E-state index in [1.807, 2.05) is 24.3 Å². The summed E-state index contributed by atoms with van der Waals surface area (Å²) in [6, 6.07) is 8.99. The van der Waals surface area contributed by atoms with Gasteiger partial charge in [0.25, 0.3) is 0 Å². The highest BCUT2D eigenvalue weighted by molar-refractivity contribution is 6.30. The first-order chi connectivity index (χ1) is 11.7. The van der Waals surface area contributed by atoms with Crippen molar-refractivity contribution in [1.82, 2.24) is 15.1 Å². The highest BCUT2D eigenvalue weighted by Crippen LogP contribution is 2.30. The van der Waals surface area contributed by atoms with Crippen LogP contribution in [0.4, 0.5) is 10.6 Å². The van der Waals surface area contributed by atoms with E-state index in [1.165, 1.54) is 0 Å². The number of carbonyl (C=O) groups excluding carboxylic acids is 1. The molecule has 1 aliphatic heterocycles. The summed E-state index contributed by atoms with van der Waals surface area (Å²) in [6.45, 7) is 3.45. The van der Waals surface area contributed by atoms with E-state index < -0.39 is 0 Å². The van der Waals surface area contributed by atoms with Crippen LogP contribution < -0.4 is 10.6 Å². The van der Waals surface area contributed by atoms with Crippen molar-refractivity contribution in [2.75, 3.05) is 11.9 Å². The van der Waals surface area contributed by atoms with Gasteiger partial charge in [0.2, 0.25) is 0 Å². The molecule has 2 atom stereocenters. The molecule has 0 saturated carbocycles. The summed E-state index contributed by atoms with van der Waals surface area (Å²) in [5, 5.41) is 10.7. The average molecular weight is 349 g/mol. The number of nitrogens with one attached hydrogen (secondary N) is 2. The fourth-order valence-electron chi connectivity index (χ4n) is 2.87. The van der Waals surface area contributed by atoms with Crippen LogP contribution in [-0.4, -0.2) is 28.5 Å². The van der Waals surface area contributed by atoms with E-state index in [0.717, 1.165) is 24.9 Å². The standard InChI is InChI=1S/C17H21ClN4O2/c1-2-10-22-15(7-9-19-22)21-17(23)20-14-8-11-24-16(14)12-3-5-13(18)6-4-12/h3-7,9,14,16H,2,8,10-11H2,1H3,(H2,20,21,23)/t14-,16+/m1/s1. The summed E-state index contributed by atoms with van der Waals surface area (Å²) < 4.78 is 7.57. The summed E-state index contributed by atoms with van der Waals surface area (Å²) in [4.78, 5) is 12.3. The molecule has 2 N–H and O–H groups in total. The molecule has 0 bridgehead atoms. The van der Waals surface area contributed by atoms with Crippen molar-refractivity contribution >= 4 is 23.4 Å². The predicted octanol–water partition coefficient (Wildman–Crippen LogP) is 3.60. The molecule has 2 aromatic rings. The number of nitrogens with zero attached hydrogens (tertiary/aromatic N) is 2. The maximum absolute atomic E-state index is 12.3. The van der Waals surface area contributed by atoms with E-state index >= 15 is 0 Å². The maximum atomic E-state index is 12.3. The topological polar surface area (TPSA) is 68.2 Å². The molecule has 6 nitrogen and oxygen atoms in total. The monoisotopic (exact) mass is 348 g/mol. The van der Waals surface area contributed by atoms with E-state index in [0.29, 0.717) is 17.4 Å². The first-order valence-electron chi connectivity index (χ1n) is 8.13. The number of ether oxygens (including phenoxy) is 1. The summed E-state index contributed by atoms with van der Waals surface area (Å²) >= 11 is 5.93. The second-order valence-electron chi connectivity index (χ2n) is 5.78. The van der Waals surface area contributed by atoms with Crippen molar-refractivity contribution in [3.63, 3.8) is 0 Å². The molecule has 1 fully saturated rings. The van der Waals surface area contributed by atoms with Gasteiger partial charge in [0, 0.05) is 24.2 Å². The van der Waals surface area contributed by atoms with Crippen LogP contribution in [0.15, 0.2) is 36.5 Å². The summed E-state index contributed by atoms with van der Waals surface area (Å²) in [6.07, 6.45) is 3.25. The molecule has 1 aromatic heterocycles. The quantitative estimate of drug-likeness (QED) is 0.867. The Bertz CT molecular complexity index is 686. The normalized spacial score (nSPS) is 20.1. The second kappa shape index (κ2) is 7.68. The Kier molecular flexibility index (Phi) is 5.37. The summed E-state index contributed by atoms with van der Waals surface area (Å²) in [5.41, 5.74) is 1.01. The van der Waals surface area contributed by atoms with Crippen molar-refractivity contribution in [3.05, 3.63) is 47.1 Å². The molecule has 2 heterocycles. The minimum absolute atomic E-state index is 0.0753. The lowest BCUT2D eigenvalue weighted by Crippen LogP contribution is -2.40. The zero-order chi connectivity index (χ0) is 16.9. The van der Waals surface area contributed by atoms with Gasteiger partial charge in [0.05, 0.1) is 12.2 Å². The smallest absolute Gasteiger partial charge is 0.320 e. The van der Waals surface area contributed by atoms with Crippen LogP contribution >= 0.6 is 11.6 Å². The number of amides is 2. The molecule has 7 heteroatoms. The number of aryl methyl sites for hydroxylation is 1.